The van der Waals surface area contributed by atoms with Gasteiger partial charge in [0.15, 0.2) is 0 Å². The molecule has 0 saturated carbocycles. The lowest BCUT2D eigenvalue weighted by atomic mass is 10.0. The molecular formula is C25H40O5. The zero-order chi connectivity index (χ0) is 21.4. The molecule has 5 heteroatoms. The highest BCUT2D eigenvalue weighted by molar-refractivity contribution is 5.69. The van der Waals surface area contributed by atoms with Crippen LogP contribution in [0.4, 0.5) is 0 Å². The van der Waals surface area contributed by atoms with Crippen molar-refractivity contribution in [2.45, 2.75) is 108 Å². The first-order chi connectivity index (χ1) is 14.7. The number of allylic oxidation sites excluding steroid dienone is 5. The number of unbranched alkanes of at least 4 members (excludes halogenated alkanes) is 5. The summed E-state index contributed by atoms with van der Waals surface area (Å²) in [5.74, 6) is -0.258. The third-order valence-corrected chi connectivity index (χ3v) is 5.83. The maximum absolute atomic E-state index is 11.3. The second kappa shape index (κ2) is 15.4. The number of esters is 1. The van der Waals surface area contributed by atoms with Crippen molar-refractivity contribution in [2.75, 3.05) is 7.11 Å². The van der Waals surface area contributed by atoms with Crippen LogP contribution in [0.1, 0.15) is 83.5 Å². The predicted molar refractivity (Wildman–Crippen MR) is 119 cm³/mol. The van der Waals surface area contributed by atoms with Gasteiger partial charge in [0.25, 0.3) is 0 Å². The average Bonchev–Trinajstić information content (AvgIpc) is 3.24. The Hall–Kier alpha value is -1.43. The van der Waals surface area contributed by atoms with E-state index in [2.05, 4.69) is 35.6 Å². The van der Waals surface area contributed by atoms with Crippen LogP contribution in [0.2, 0.25) is 0 Å². The summed E-state index contributed by atoms with van der Waals surface area (Å²) in [6.07, 6.45) is 24.5. The van der Waals surface area contributed by atoms with Gasteiger partial charge < -0.3 is 9.47 Å². The molecule has 170 valence electrons. The van der Waals surface area contributed by atoms with E-state index in [-0.39, 0.29) is 30.7 Å². The van der Waals surface area contributed by atoms with Gasteiger partial charge in [0.1, 0.15) is 12.2 Å². The number of ether oxygens (including phenoxy) is 2. The van der Waals surface area contributed by atoms with Crippen LogP contribution in [0, 0.1) is 0 Å². The molecule has 0 aliphatic carbocycles. The first kappa shape index (κ1) is 24.8. The number of hydrogen-bond donors (Lipinski definition) is 0. The van der Waals surface area contributed by atoms with Crippen LogP contribution >= 0.6 is 0 Å². The summed E-state index contributed by atoms with van der Waals surface area (Å²) in [4.78, 5) is 22.3. The molecule has 0 N–H and O–H groups in total. The van der Waals surface area contributed by atoms with Gasteiger partial charge in [-0.1, -0.05) is 49.6 Å². The summed E-state index contributed by atoms with van der Waals surface area (Å²) in [7, 11) is 1.39. The summed E-state index contributed by atoms with van der Waals surface area (Å²) in [5.41, 5.74) is 0. The molecule has 0 aromatic carbocycles. The van der Waals surface area contributed by atoms with E-state index >= 15 is 0 Å². The summed E-state index contributed by atoms with van der Waals surface area (Å²) < 4.78 is 10.9. The average molecular weight is 421 g/mol. The Morgan fingerprint density at radius 1 is 0.900 bits per heavy atom. The molecule has 4 atom stereocenters. The number of carbonyl (C=O) groups excluding carboxylic acids is 1. The second-order valence-corrected chi connectivity index (χ2v) is 8.30. The van der Waals surface area contributed by atoms with E-state index < -0.39 is 0 Å². The van der Waals surface area contributed by atoms with Gasteiger partial charge in [-0.05, 0) is 57.8 Å². The Balaban J connectivity index is 1.46. The fourth-order valence-corrected chi connectivity index (χ4v) is 4.02. The molecule has 2 aliphatic heterocycles. The van der Waals surface area contributed by atoms with Crippen LogP contribution in [-0.4, -0.2) is 37.5 Å². The van der Waals surface area contributed by atoms with Crippen LogP contribution < -0.4 is 0 Å². The molecule has 0 bridgehead atoms. The second-order valence-electron chi connectivity index (χ2n) is 8.30. The Morgan fingerprint density at radius 3 is 2.37 bits per heavy atom. The molecular weight excluding hydrogens is 380 g/mol. The Morgan fingerprint density at radius 2 is 1.63 bits per heavy atom. The van der Waals surface area contributed by atoms with Crippen molar-refractivity contribution in [3.8, 4) is 0 Å². The van der Waals surface area contributed by atoms with E-state index in [9.17, 15) is 4.79 Å². The first-order valence-electron chi connectivity index (χ1n) is 11.7. The van der Waals surface area contributed by atoms with Gasteiger partial charge in [0, 0.05) is 0 Å². The van der Waals surface area contributed by atoms with E-state index in [1.54, 1.807) is 0 Å². The minimum Gasteiger partial charge on any atom is -0.469 e. The van der Waals surface area contributed by atoms with Crippen molar-refractivity contribution in [3.05, 3.63) is 37.0 Å². The fourth-order valence-electron chi connectivity index (χ4n) is 4.02. The molecule has 0 aromatic heterocycles. The van der Waals surface area contributed by atoms with Crippen LogP contribution in [0.5, 0.6) is 0 Å². The maximum atomic E-state index is 11.3. The smallest absolute Gasteiger partial charge is 0.308 e. The minimum atomic E-state index is -0.258. The topological polar surface area (TPSA) is 54.0 Å². The minimum absolute atomic E-state index is 0.0125. The molecule has 2 heterocycles. The van der Waals surface area contributed by atoms with Crippen molar-refractivity contribution >= 4 is 5.97 Å². The van der Waals surface area contributed by atoms with Crippen molar-refractivity contribution < 1.29 is 24.0 Å². The third-order valence-electron chi connectivity index (χ3n) is 5.83. The van der Waals surface area contributed by atoms with Gasteiger partial charge in [0.2, 0.25) is 0 Å². The molecule has 2 aliphatic rings. The first-order valence-corrected chi connectivity index (χ1v) is 11.7. The Bertz CT molecular complexity index is 534. The zero-order valence-electron chi connectivity index (χ0n) is 18.6. The zero-order valence-corrected chi connectivity index (χ0v) is 18.6. The van der Waals surface area contributed by atoms with Gasteiger partial charge in [-0.25, -0.2) is 9.78 Å². The molecule has 0 aromatic rings. The van der Waals surface area contributed by atoms with Crippen LogP contribution in [0.25, 0.3) is 0 Å². The summed E-state index contributed by atoms with van der Waals surface area (Å²) in [6.45, 7) is 3.72. The van der Waals surface area contributed by atoms with Crippen molar-refractivity contribution in [3.63, 3.8) is 0 Å². The highest BCUT2D eigenvalue weighted by Crippen LogP contribution is 2.32. The predicted octanol–water partition coefficient (Wildman–Crippen LogP) is 6.00. The van der Waals surface area contributed by atoms with Crippen molar-refractivity contribution in [1.82, 2.24) is 0 Å². The van der Waals surface area contributed by atoms with Crippen molar-refractivity contribution in [2.24, 2.45) is 0 Å². The molecule has 2 rings (SSSR count). The number of carbonyl (C=O) groups is 1. The SMILES string of the molecule is C=CCCC=CC=CCCCCCCC1CC[C@@H](C2CC[C@@H](CC(=O)OC)OO2)O1. The molecule has 5 nitrogen and oxygen atoms in total. The quantitative estimate of drug-likeness (QED) is 0.113. The Kier molecular flexibility index (Phi) is 12.7. The number of methoxy groups -OCH3 is 1. The molecule has 2 fully saturated rings. The van der Waals surface area contributed by atoms with Gasteiger partial charge in [0.05, 0.1) is 25.7 Å². The standard InChI is InChI=1S/C25H40O5/c1-3-4-5-6-7-8-9-10-11-12-13-14-15-21-16-18-23(28-21)24-19-17-22(29-30-24)20-25(26)27-2/h3,6-9,21-24H,1,4-5,10-20H2,2H3/t21?,22-,23-,24?/m0/s1. The molecule has 0 amide bonds. The summed E-state index contributed by atoms with van der Waals surface area (Å²) in [6, 6.07) is 0. The van der Waals surface area contributed by atoms with Gasteiger partial charge >= 0.3 is 5.97 Å². The van der Waals surface area contributed by atoms with Gasteiger partial charge in [-0.3, -0.25) is 4.79 Å². The normalized spacial score (nSPS) is 27.1. The molecule has 0 radical (unpaired) electrons. The van der Waals surface area contributed by atoms with E-state index in [4.69, 9.17) is 14.5 Å². The van der Waals surface area contributed by atoms with Crippen LogP contribution in [0.15, 0.2) is 37.0 Å². The summed E-state index contributed by atoms with van der Waals surface area (Å²) >= 11 is 0. The highest BCUT2D eigenvalue weighted by atomic mass is 17.2. The lowest BCUT2D eigenvalue weighted by Crippen LogP contribution is -2.37. The lowest BCUT2D eigenvalue weighted by Gasteiger charge is -2.30. The Labute approximate surface area is 182 Å². The lowest BCUT2D eigenvalue weighted by molar-refractivity contribution is -0.385. The van der Waals surface area contributed by atoms with Gasteiger partial charge in [-0.15, -0.1) is 6.58 Å². The highest BCUT2D eigenvalue weighted by Gasteiger charge is 2.36. The van der Waals surface area contributed by atoms with E-state index in [0.29, 0.717) is 6.10 Å². The van der Waals surface area contributed by atoms with Crippen molar-refractivity contribution in [1.29, 1.82) is 0 Å². The van der Waals surface area contributed by atoms with E-state index in [1.807, 2.05) is 6.08 Å². The number of rotatable bonds is 14. The monoisotopic (exact) mass is 420 g/mol. The van der Waals surface area contributed by atoms with E-state index in [1.165, 1.54) is 32.8 Å². The van der Waals surface area contributed by atoms with Crippen LogP contribution in [0.3, 0.4) is 0 Å². The molecule has 2 saturated heterocycles. The summed E-state index contributed by atoms with van der Waals surface area (Å²) in [5, 5.41) is 0. The van der Waals surface area contributed by atoms with E-state index in [0.717, 1.165) is 51.4 Å². The molecule has 30 heavy (non-hydrogen) atoms. The largest absolute Gasteiger partial charge is 0.469 e. The maximum Gasteiger partial charge on any atom is 0.308 e. The fraction of sp³-hybridized carbons (Fsp3) is 0.720. The third kappa shape index (κ3) is 10.1. The van der Waals surface area contributed by atoms with Gasteiger partial charge in [-0.2, -0.15) is 0 Å². The molecule has 0 spiro atoms. The van der Waals surface area contributed by atoms with Crippen LogP contribution in [-0.2, 0) is 24.0 Å². The molecule has 2 unspecified atom stereocenters. The number of hydrogen-bond acceptors (Lipinski definition) is 5.